The van der Waals surface area contributed by atoms with Gasteiger partial charge in [-0.25, -0.2) is 9.48 Å². The predicted molar refractivity (Wildman–Crippen MR) is 116 cm³/mol. The molecule has 0 saturated heterocycles. The van der Waals surface area contributed by atoms with E-state index < -0.39 is 0 Å². The van der Waals surface area contributed by atoms with Crippen molar-refractivity contribution in [2.45, 2.75) is 6.54 Å². The zero-order valence-electron chi connectivity index (χ0n) is 15.5. The maximum absolute atomic E-state index is 12.3. The van der Waals surface area contributed by atoms with Crippen LogP contribution in [0.2, 0.25) is 5.02 Å². The van der Waals surface area contributed by atoms with Crippen molar-refractivity contribution in [3.8, 4) is 16.9 Å². The van der Waals surface area contributed by atoms with E-state index in [1.165, 1.54) is 0 Å². The standard InChI is InChI=1S/C23H19ClN4O/c24-19-11-13-20(14-12-19)26-23(29)25-15-18-16-28(21-9-5-2-6-10-21)27-22(18)17-7-3-1-4-8-17/h1-14,16H,15H2,(H2,25,26,29). The maximum Gasteiger partial charge on any atom is 0.319 e. The number of aromatic nitrogens is 2. The summed E-state index contributed by atoms with van der Waals surface area (Å²) in [5.74, 6) is 0. The van der Waals surface area contributed by atoms with Gasteiger partial charge in [0, 0.05) is 34.6 Å². The minimum atomic E-state index is -0.293. The Balaban J connectivity index is 1.54. The second-order valence-electron chi connectivity index (χ2n) is 6.46. The van der Waals surface area contributed by atoms with Crippen LogP contribution in [-0.2, 0) is 6.54 Å². The Bertz CT molecular complexity index is 1090. The molecule has 29 heavy (non-hydrogen) atoms. The Labute approximate surface area is 174 Å². The molecule has 2 amide bonds. The van der Waals surface area contributed by atoms with Crippen LogP contribution in [0, 0.1) is 0 Å². The molecule has 3 aromatic carbocycles. The number of para-hydroxylation sites is 1. The van der Waals surface area contributed by atoms with E-state index in [0.29, 0.717) is 17.3 Å². The second-order valence-corrected chi connectivity index (χ2v) is 6.90. The summed E-state index contributed by atoms with van der Waals surface area (Å²) in [5, 5.41) is 11.1. The first kappa shape index (κ1) is 18.8. The molecule has 0 fully saturated rings. The molecule has 2 N–H and O–H groups in total. The number of benzene rings is 3. The molecule has 0 spiro atoms. The van der Waals surface area contributed by atoms with E-state index in [1.54, 1.807) is 24.3 Å². The Morgan fingerprint density at radius 3 is 2.24 bits per heavy atom. The Hall–Kier alpha value is -3.57. The van der Waals surface area contributed by atoms with Gasteiger partial charge in [-0.2, -0.15) is 5.10 Å². The number of nitrogens with zero attached hydrogens (tertiary/aromatic N) is 2. The number of nitrogens with one attached hydrogen (secondary N) is 2. The van der Waals surface area contributed by atoms with Crippen LogP contribution in [0.5, 0.6) is 0 Å². The molecule has 1 aromatic heterocycles. The second kappa shape index (κ2) is 8.63. The molecule has 0 bridgehead atoms. The van der Waals surface area contributed by atoms with Crippen LogP contribution in [0.15, 0.2) is 91.1 Å². The third-order valence-corrected chi connectivity index (χ3v) is 4.65. The molecule has 144 valence electrons. The number of urea groups is 1. The molecule has 0 aliphatic carbocycles. The van der Waals surface area contributed by atoms with Gasteiger partial charge in [0.25, 0.3) is 0 Å². The summed E-state index contributed by atoms with van der Waals surface area (Å²) in [6.45, 7) is 0.344. The summed E-state index contributed by atoms with van der Waals surface area (Å²) in [7, 11) is 0. The van der Waals surface area contributed by atoms with Gasteiger partial charge in [0.05, 0.1) is 11.4 Å². The fourth-order valence-corrected chi connectivity index (χ4v) is 3.10. The Morgan fingerprint density at radius 2 is 1.55 bits per heavy atom. The van der Waals surface area contributed by atoms with Crippen LogP contribution in [0.25, 0.3) is 16.9 Å². The molecule has 4 rings (SSSR count). The number of hydrogen-bond donors (Lipinski definition) is 2. The number of halogens is 1. The first-order chi connectivity index (χ1) is 14.2. The zero-order chi connectivity index (χ0) is 20.1. The highest BCUT2D eigenvalue weighted by atomic mass is 35.5. The zero-order valence-corrected chi connectivity index (χ0v) is 16.3. The third-order valence-electron chi connectivity index (χ3n) is 4.40. The normalized spacial score (nSPS) is 10.5. The third kappa shape index (κ3) is 4.65. The molecule has 1 heterocycles. The van der Waals surface area contributed by atoms with Gasteiger partial charge >= 0.3 is 6.03 Å². The van der Waals surface area contributed by atoms with Gasteiger partial charge in [-0.15, -0.1) is 0 Å². The minimum absolute atomic E-state index is 0.293. The average molecular weight is 403 g/mol. The number of amides is 2. The quantitative estimate of drug-likeness (QED) is 0.462. The fourth-order valence-electron chi connectivity index (χ4n) is 2.98. The summed E-state index contributed by atoms with van der Waals surface area (Å²) in [6, 6.07) is 26.5. The summed E-state index contributed by atoms with van der Waals surface area (Å²) in [5.41, 5.74) is 4.39. The number of anilines is 1. The van der Waals surface area contributed by atoms with Gasteiger partial charge in [0.1, 0.15) is 0 Å². The largest absolute Gasteiger partial charge is 0.334 e. The van der Waals surface area contributed by atoms with Crippen molar-refractivity contribution in [2.24, 2.45) is 0 Å². The molecular formula is C23H19ClN4O. The first-order valence-corrected chi connectivity index (χ1v) is 9.56. The van der Waals surface area contributed by atoms with E-state index in [-0.39, 0.29) is 6.03 Å². The SMILES string of the molecule is O=C(NCc1cn(-c2ccccc2)nc1-c1ccccc1)Nc1ccc(Cl)cc1. The molecule has 6 heteroatoms. The van der Waals surface area contributed by atoms with Crippen molar-refractivity contribution in [1.82, 2.24) is 15.1 Å². The number of hydrogen-bond acceptors (Lipinski definition) is 2. The van der Waals surface area contributed by atoms with Crippen molar-refractivity contribution < 1.29 is 4.79 Å². The molecule has 4 aromatic rings. The summed E-state index contributed by atoms with van der Waals surface area (Å²) in [4.78, 5) is 12.3. The number of carbonyl (C=O) groups is 1. The highest BCUT2D eigenvalue weighted by Crippen LogP contribution is 2.23. The van der Waals surface area contributed by atoms with Crippen molar-refractivity contribution in [2.75, 3.05) is 5.32 Å². The van der Waals surface area contributed by atoms with Crippen LogP contribution in [0.4, 0.5) is 10.5 Å². The van der Waals surface area contributed by atoms with Crippen LogP contribution < -0.4 is 10.6 Å². The highest BCUT2D eigenvalue weighted by Gasteiger charge is 2.13. The topological polar surface area (TPSA) is 59.0 Å². The number of carbonyl (C=O) groups excluding carboxylic acids is 1. The lowest BCUT2D eigenvalue weighted by atomic mass is 10.1. The van der Waals surface area contributed by atoms with E-state index in [1.807, 2.05) is 71.5 Å². The highest BCUT2D eigenvalue weighted by molar-refractivity contribution is 6.30. The lowest BCUT2D eigenvalue weighted by molar-refractivity contribution is 0.252. The first-order valence-electron chi connectivity index (χ1n) is 9.19. The summed E-state index contributed by atoms with van der Waals surface area (Å²) >= 11 is 5.88. The van der Waals surface area contributed by atoms with Gasteiger partial charge in [-0.05, 0) is 36.4 Å². The predicted octanol–water partition coefficient (Wildman–Crippen LogP) is 5.51. The van der Waals surface area contributed by atoms with Crippen LogP contribution in [0.3, 0.4) is 0 Å². The smallest absolute Gasteiger partial charge is 0.319 e. The van der Waals surface area contributed by atoms with Crippen molar-refractivity contribution in [3.63, 3.8) is 0 Å². The Kier molecular flexibility index (Phi) is 5.59. The lowest BCUT2D eigenvalue weighted by Crippen LogP contribution is -2.28. The van der Waals surface area contributed by atoms with Crippen molar-refractivity contribution in [1.29, 1.82) is 0 Å². The molecular weight excluding hydrogens is 384 g/mol. The molecule has 0 radical (unpaired) electrons. The molecule has 0 saturated carbocycles. The lowest BCUT2D eigenvalue weighted by Gasteiger charge is -2.08. The summed E-state index contributed by atoms with van der Waals surface area (Å²) in [6.07, 6.45) is 1.94. The van der Waals surface area contributed by atoms with Gasteiger partial charge in [0.15, 0.2) is 0 Å². The van der Waals surface area contributed by atoms with E-state index in [0.717, 1.165) is 22.5 Å². The molecule has 0 unspecified atom stereocenters. The minimum Gasteiger partial charge on any atom is -0.334 e. The maximum atomic E-state index is 12.3. The Morgan fingerprint density at radius 1 is 0.897 bits per heavy atom. The van der Waals surface area contributed by atoms with Gasteiger partial charge in [-0.1, -0.05) is 60.1 Å². The van der Waals surface area contributed by atoms with Crippen molar-refractivity contribution in [3.05, 3.63) is 102 Å². The van der Waals surface area contributed by atoms with E-state index in [9.17, 15) is 4.79 Å². The van der Waals surface area contributed by atoms with Crippen LogP contribution >= 0.6 is 11.6 Å². The van der Waals surface area contributed by atoms with E-state index >= 15 is 0 Å². The average Bonchev–Trinajstić information content (AvgIpc) is 3.20. The summed E-state index contributed by atoms with van der Waals surface area (Å²) < 4.78 is 1.83. The van der Waals surface area contributed by atoms with Gasteiger partial charge in [0.2, 0.25) is 0 Å². The van der Waals surface area contributed by atoms with E-state index in [4.69, 9.17) is 16.7 Å². The molecule has 0 aliphatic heterocycles. The van der Waals surface area contributed by atoms with Crippen LogP contribution in [0.1, 0.15) is 5.56 Å². The van der Waals surface area contributed by atoms with Crippen molar-refractivity contribution >= 4 is 23.3 Å². The van der Waals surface area contributed by atoms with Crippen LogP contribution in [-0.4, -0.2) is 15.8 Å². The molecule has 0 aliphatic rings. The van der Waals surface area contributed by atoms with Gasteiger partial charge in [-0.3, -0.25) is 0 Å². The molecule has 0 atom stereocenters. The molecule has 5 nitrogen and oxygen atoms in total. The fraction of sp³-hybridized carbons (Fsp3) is 0.0435. The monoisotopic (exact) mass is 402 g/mol. The number of rotatable bonds is 5. The van der Waals surface area contributed by atoms with E-state index in [2.05, 4.69) is 10.6 Å². The van der Waals surface area contributed by atoms with Gasteiger partial charge < -0.3 is 10.6 Å².